The Balaban J connectivity index is 1.78. The highest BCUT2D eigenvalue weighted by Crippen LogP contribution is 2.27. The summed E-state index contributed by atoms with van der Waals surface area (Å²) in [5.41, 5.74) is 5.21. The van der Waals surface area contributed by atoms with Crippen molar-refractivity contribution in [2.45, 2.75) is 45.6 Å². The number of aryl methyl sites for hydroxylation is 2. The third-order valence-electron chi connectivity index (χ3n) is 4.12. The van der Waals surface area contributed by atoms with E-state index in [0.29, 0.717) is 0 Å². The molecule has 2 aromatic rings. The van der Waals surface area contributed by atoms with Crippen LogP contribution in [0.3, 0.4) is 0 Å². The predicted octanol–water partition coefficient (Wildman–Crippen LogP) is 3.70. The summed E-state index contributed by atoms with van der Waals surface area (Å²) in [6.45, 7) is 4.37. The number of anilines is 1. The molecule has 1 aromatic carbocycles. The van der Waals surface area contributed by atoms with Gasteiger partial charge in [-0.2, -0.15) is 0 Å². The standard InChI is InChI=1S/C17H21N3/c1-3-13-7-9-14(10-8-13)12(2)20-17-15-5-4-6-16(15)18-11-19-17/h7-12H,3-6H2,1-2H3,(H,18,19,20). The number of aromatic nitrogens is 2. The van der Waals surface area contributed by atoms with E-state index in [4.69, 9.17) is 0 Å². The molecule has 1 atom stereocenters. The molecule has 3 nitrogen and oxygen atoms in total. The molecule has 104 valence electrons. The van der Waals surface area contributed by atoms with Gasteiger partial charge in [-0.1, -0.05) is 31.2 Å². The van der Waals surface area contributed by atoms with Crippen LogP contribution in [0.5, 0.6) is 0 Å². The molecule has 1 unspecified atom stereocenters. The summed E-state index contributed by atoms with van der Waals surface area (Å²) < 4.78 is 0. The Labute approximate surface area is 120 Å². The molecule has 1 N–H and O–H groups in total. The smallest absolute Gasteiger partial charge is 0.133 e. The van der Waals surface area contributed by atoms with Gasteiger partial charge in [-0.3, -0.25) is 0 Å². The van der Waals surface area contributed by atoms with Gasteiger partial charge in [0.05, 0.1) is 0 Å². The summed E-state index contributed by atoms with van der Waals surface area (Å²) in [6, 6.07) is 9.09. The summed E-state index contributed by atoms with van der Waals surface area (Å²) in [7, 11) is 0. The van der Waals surface area contributed by atoms with E-state index in [2.05, 4.69) is 53.4 Å². The Morgan fingerprint density at radius 3 is 2.70 bits per heavy atom. The lowest BCUT2D eigenvalue weighted by Gasteiger charge is -2.17. The van der Waals surface area contributed by atoms with Gasteiger partial charge in [0, 0.05) is 17.3 Å². The van der Waals surface area contributed by atoms with Crippen LogP contribution in [0.25, 0.3) is 0 Å². The molecule has 1 aliphatic rings. The number of fused-ring (bicyclic) bond motifs is 1. The van der Waals surface area contributed by atoms with Crippen molar-refractivity contribution in [3.63, 3.8) is 0 Å². The highest BCUT2D eigenvalue weighted by atomic mass is 15.0. The Morgan fingerprint density at radius 1 is 1.15 bits per heavy atom. The first kappa shape index (κ1) is 13.1. The summed E-state index contributed by atoms with van der Waals surface area (Å²) >= 11 is 0. The quantitative estimate of drug-likeness (QED) is 0.917. The Kier molecular flexibility index (Phi) is 3.68. The van der Waals surface area contributed by atoms with Crippen molar-refractivity contribution in [1.29, 1.82) is 0 Å². The van der Waals surface area contributed by atoms with Crippen LogP contribution in [0.2, 0.25) is 0 Å². The molecule has 0 fully saturated rings. The average Bonchev–Trinajstić information content (AvgIpc) is 2.97. The van der Waals surface area contributed by atoms with Gasteiger partial charge in [0.15, 0.2) is 0 Å². The molecular weight excluding hydrogens is 246 g/mol. The molecule has 20 heavy (non-hydrogen) atoms. The van der Waals surface area contributed by atoms with E-state index in [0.717, 1.165) is 25.1 Å². The first-order valence-electron chi connectivity index (χ1n) is 7.46. The van der Waals surface area contributed by atoms with Crippen molar-refractivity contribution in [2.75, 3.05) is 5.32 Å². The van der Waals surface area contributed by atoms with Crippen molar-refractivity contribution < 1.29 is 0 Å². The van der Waals surface area contributed by atoms with Gasteiger partial charge < -0.3 is 5.32 Å². The van der Waals surface area contributed by atoms with Crippen molar-refractivity contribution in [3.05, 3.63) is 53.0 Å². The van der Waals surface area contributed by atoms with Crippen LogP contribution in [0.4, 0.5) is 5.82 Å². The maximum Gasteiger partial charge on any atom is 0.133 e. The third-order valence-corrected chi connectivity index (χ3v) is 4.12. The van der Waals surface area contributed by atoms with Gasteiger partial charge >= 0.3 is 0 Å². The van der Waals surface area contributed by atoms with Crippen molar-refractivity contribution in [3.8, 4) is 0 Å². The molecule has 1 heterocycles. The molecule has 0 spiro atoms. The van der Waals surface area contributed by atoms with Crippen LogP contribution in [0.15, 0.2) is 30.6 Å². The topological polar surface area (TPSA) is 37.8 Å². The fourth-order valence-electron chi connectivity index (χ4n) is 2.81. The zero-order valence-corrected chi connectivity index (χ0v) is 12.2. The Morgan fingerprint density at radius 2 is 1.95 bits per heavy atom. The van der Waals surface area contributed by atoms with E-state index in [9.17, 15) is 0 Å². The summed E-state index contributed by atoms with van der Waals surface area (Å²) in [5.74, 6) is 1.01. The van der Waals surface area contributed by atoms with Gasteiger partial charge in [-0.05, 0) is 43.7 Å². The number of benzene rings is 1. The predicted molar refractivity (Wildman–Crippen MR) is 81.9 cm³/mol. The highest BCUT2D eigenvalue weighted by Gasteiger charge is 2.18. The molecule has 0 bridgehead atoms. The highest BCUT2D eigenvalue weighted by molar-refractivity contribution is 5.49. The summed E-state index contributed by atoms with van der Waals surface area (Å²) in [5, 5.41) is 3.54. The first-order valence-corrected chi connectivity index (χ1v) is 7.46. The molecular formula is C17H21N3. The SMILES string of the molecule is CCc1ccc(C(C)Nc2ncnc3c2CCC3)cc1. The van der Waals surface area contributed by atoms with Gasteiger partial charge in [0.25, 0.3) is 0 Å². The first-order chi connectivity index (χ1) is 9.78. The lowest BCUT2D eigenvalue weighted by molar-refractivity contribution is 0.861. The van der Waals surface area contributed by atoms with E-state index < -0.39 is 0 Å². The second-order valence-electron chi connectivity index (χ2n) is 5.46. The largest absolute Gasteiger partial charge is 0.363 e. The van der Waals surface area contributed by atoms with E-state index in [-0.39, 0.29) is 6.04 Å². The molecule has 1 aliphatic carbocycles. The maximum atomic E-state index is 4.43. The minimum Gasteiger partial charge on any atom is -0.363 e. The molecule has 0 saturated heterocycles. The van der Waals surface area contributed by atoms with Gasteiger partial charge in [0.1, 0.15) is 12.1 Å². The molecule has 0 aliphatic heterocycles. The molecule has 1 aromatic heterocycles. The zero-order valence-electron chi connectivity index (χ0n) is 12.2. The van der Waals surface area contributed by atoms with Gasteiger partial charge in [-0.25, -0.2) is 9.97 Å². The van der Waals surface area contributed by atoms with E-state index >= 15 is 0 Å². The van der Waals surface area contributed by atoms with Crippen LogP contribution < -0.4 is 5.32 Å². The summed E-state index contributed by atoms with van der Waals surface area (Å²) in [4.78, 5) is 8.80. The maximum absolute atomic E-state index is 4.43. The van der Waals surface area contributed by atoms with Crippen LogP contribution in [0, 0.1) is 0 Å². The van der Waals surface area contributed by atoms with E-state index in [1.165, 1.54) is 28.8 Å². The number of hydrogen-bond acceptors (Lipinski definition) is 3. The van der Waals surface area contributed by atoms with E-state index in [1.54, 1.807) is 6.33 Å². The molecule has 3 heteroatoms. The third kappa shape index (κ3) is 2.53. The fourth-order valence-corrected chi connectivity index (χ4v) is 2.81. The second kappa shape index (κ2) is 5.61. The molecule has 0 radical (unpaired) electrons. The van der Waals surface area contributed by atoms with Crippen molar-refractivity contribution >= 4 is 5.82 Å². The lowest BCUT2D eigenvalue weighted by atomic mass is 10.0. The summed E-state index contributed by atoms with van der Waals surface area (Å²) in [6.07, 6.45) is 6.15. The second-order valence-corrected chi connectivity index (χ2v) is 5.46. The van der Waals surface area contributed by atoms with Crippen molar-refractivity contribution in [1.82, 2.24) is 9.97 Å². The van der Waals surface area contributed by atoms with Gasteiger partial charge in [-0.15, -0.1) is 0 Å². The average molecular weight is 267 g/mol. The van der Waals surface area contributed by atoms with Crippen LogP contribution in [-0.2, 0) is 19.3 Å². The number of rotatable bonds is 4. The number of nitrogens with zero attached hydrogens (tertiary/aromatic N) is 2. The number of hydrogen-bond donors (Lipinski definition) is 1. The van der Waals surface area contributed by atoms with Crippen molar-refractivity contribution in [2.24, 2.45) is 0 Å². The molecule has 3 rings (SSSR count). The zero-order chi connectivity index (χ0) is 13.9. The molecule has 0 saturated carbocycles. The van der Waals surface area contributed by atoms with Gasteiger partial charge in [0.2, 0.25) is 0 Å². The van der Waals surface area contributed by atoms with Crippen LogP contribution >= 0.6 is 0 Å². The van der Waals surface area contributed by atoms with Crippen LogP contribution in [0.1, 0.15) is 48.7 Å². The molecule has 0 amide bonds. The fraction of sp³-hybridized carbons (Fsp3) is 0.412. The Bertz CT molecular complexity index is 590. The minimum atomic E-state index is 0.264. The lowest BCUT2D eigenvalue weighted by Crippen LogP contribution is -2.10. The Hall–Kier alpha value is -1.90. The van der Waals surface area contributed by atoms with E-state index in [1.807, 2.05) is 0 Å². The van der Waals surface area contributed by atoms with Crippen LogP contribution in [-0.4, -0.2) is 9.97 Å². The minimum absolute atomic E-state index is 0.264. The normalized spacial score (nSPS) is 14.9. The monoisotopic (exact) mass is 267 g/mol. The number of nitrogens with one attached hydrogen (secondary N) is 1.